The van der Waals surface area contributed by atoms with Crippen LogP contribution in [-0.4, -0.2) is 27.3 Å². The summed E-state index contributed by atoms with van der Waals surface area (Å²) in [5, 5.41) is 0.842. The summed E-state index contributed by atoms with van der Waals surface area (Å²) >= 11 is 11.8. The molecular weight excluding hydrogens is 355 g/mol. The molecule has 128 valence electrons. The third kappa shape index (κ3) is 4.04. The van der Waals surface area contributed by atoms with E-state index in [1.165, 1.54) is 33.5 Å². The van der Waals surface area contributed by atoms with Gasteiger partial charge in [0.05, 0.1) is 36.9 Å². The standard InChI is InChI=1S/C17H16Cl2O5/c1-21-14-7-11(8-15(22-2)16(14)23-3)17(20)24-9-10-4-5-12(18)13(19)6-10/h4-8H,9H2,1-3H3. The molecule has 0 bridgehead atoms. The lowest BCUT2D eigenvalue weighted by atomic mass is 10.2. The lowest BCUT2D eigenvalue weighted by Crippen LogP contribution is -2.07. The topological polar surface area (TPSA) is 54.0 Å². The molecule has 0 aliphatic carbocycles. The molecule has 0 aliphatic rings. The summed E-state index contributed by atoms with van der Waals surface area (Å²) in [6, 6.07) is 8.08. The van der Waals surface area contributed by atoms with Crippen molar-refractivity contribution in [3.8, 4) is 17.2 Å². The molecule has 2 aromatic carbocycles. The summed E-state index contributed by atoms with van der Waals surface area (Å²) in [6.45, 7) is 0.0619. The Kier molecular flexibility index (Phi) is 6.17. The van der Waals surface area contributed by atoms with Crippen molar-refractivity contribution in [3.63, 3.8) is 0 Å². The molecule has 0 aromatic heterocycles. The van der Waals surface area contributed by atoms with Crippen molar-refractivity contribution in [3.05, 3.63) is 51.5 Å². The van der Waals surface area contributed by atoms with E-state index in [2.05, 4.69) is 0 Å². The first-order valence-electron chi connectivity index (χ1n) is 6.91. The smallest absolute Gasteiger partial charge is 0.338 e. The summed E-state index contributed by atoms with van der Waals surface area (Å²) < 4.78 is 20.9. The summed E-state index contributed by atoms with van der Waals surface area (Å²) in [5.41, 5.74) is 1.01. The maximum Gasteiger partial charge on any atom is 0.338 e. The normalized spacial score (nSPS) is 10.2. The first kappa shape index (κ1) is 18.2. The first-order valence-corrected chi connectivity index (χ1v) is 7.66. The molecular formula is C17H16Cl2O5. The Hall–Kier alpha value is -2.11. The SMILES string of the molecule is COc1cc(C(=O)OCc2ccc(Cl)c(Cl)c2)cc(OC)c1OC. The fourth-order valence-corrected chi connectivity index (χ4v) is 2.38. The molecule has 0 fully saturated rings. The number of esters is 1. The second-order valence-corrected chi connectivity index (χ2v) is 5.55. The zero-order chi connectivity index (χ0) is 17.7. The zero-order valence-corrected chi connectivity index (χ0v) is 14.9. The van der Waals surface area contributed by atoms with Gasteiger partial charge in [-0.25, -0.2) is 4.79 Å². The van der Waals surface area contributed by atoms with Crippen molar-refractivity contribution in [2.24, 2.45) is 0 Å². The third-order valence-electron chi connectivity index (χ3n) is 3.25. The number of hydrogen-bond donors (Lipinski definition) is 0. The fourth-order valence-electron chi connectivity index (χ4n) is 2.06. The highest BCUT2D eigenvalue weighted by Gasteiger charge is 2.18. The molecule has 0 spiro atoms. The van der Waals surface area contributed by atoms with E-state index in [1.807, 2.05) is 0 Å². The number of hydrogen-bond acceptors (Lipinski definition) is 5. The van der Waals surface area contributed by atoms with Crippen LogP contribution in [0.1, 0.15) is 15.9 Å². The van der Waals surface area contributed by atoms with Crippen LogP contribution in [0, 0.1) is 0 Å². The van der Waals surface area contributed by atoms with Gasteiger partial charge < -0.3 is 18.9 Å². The van der Waals surface area contributed by atoms with Gasteiger partial charge in [0.15, 0.2) is 11.5 Å². The van der Waals surface area contributed by atoms with Gasteiger partial charge in [-0.15, -0.1) is 0 Å². The molecule has 5 nitrogen and oxygen atoms in total. The first-order chi connectivity index (χ1) is 11.5. The number of ether oxygens (including phenoxy) is 4. The predicted octanol–water partition coefficient (Wildman–Crippen LogP) is 4.38. The Morgan fingerprint density at radius 2 is 1.54 bits per heavy atom. The Morgan fingerprint density at radius 3 is 2.04 bits per heavy atom. The number of methoxy groups -OCH3 is 3. The lowest BCUT2D eigenvalue weighted by Gasteiger charge is -2.14. The minimum Gasteiger partial charge on any atom is -0.493 e. The van der Waals surface area contributed by atoms with Crippen molar-refractivity contribution >= 4 is 29.2 Å². The average Bonchev–Trinajstić information content (AvgIpc) is 2.60. The summed E-state index contributed by atoms with van der Waals surface area (Å²) in [4.78, 5) is 12.3. The maximum absolute atomic E-state index is 12.3. The van der Waals surface area contributed by atoms with Crippen LogP contribution in [-0.2, 0) is 11.3 Å². The van der Waals surface area contributed by atoms with Gasteiger partial charge in [-0.1, -0.05) is 29.3 Å². The second kappa shape index (κ2) is 8.13. The molecule has 0 saturated carbocycles. The van der Waals surface area contributed by atoms with E-state index in [1.54, 1.807) is 18.2 Å². The molecule has 0 amide bonds. The highest BCUT2D eigenvalue weighted by Crippen LogP contribution is 2.38. The minimum atomic E-state index is -0.527. The summed E-state index contributed by atoms with van der Waals surface area (Å²) in [7, 11) is 4.44. The van der Waals surface area contributed by atoms with Gasteiger partial charge in [0, 0.05) is 0 Å². The molecule has 0 saturated heterocycles. The highest BCUT2D eigenvalue weighted by molar-refractivity contribution is 6.42. The second-order valence-electron chi connectivity index (χ2n) is 4.74. The van der Waals surface area contributed by atoms with E-state index >= 15 is 0 Å². The molecule has 0 N–H and O–H groups in total. The number of rotatable bonds is 6. The minimum absolute atomic E-state index is 0.0619. The van der Waals surface area contributed by atoms with Gasteiger partial charge in [0.2, 0.25) is 5.75 Å². The number of carbonyl (C=O) groups excluding carboxylic acids is 1. The lowest BCUT2D eigenvalue weighted by molar-refractivity contribution is 0.0472. The molecule has 24 heavy (non-hydrogen) atoms. The van der Waals surface area contributed by atoms with Gasteiger partial charge >= 0.3 is 5.97 Å². The molecule has 7 heteroatoms. The van der Waals surface area contributed by atoms with Gasteiger partial charge in [0.25, 0.3) is 0 Å². The monoisotopic (exact) mass is 370 g/mol. The van der Waals surface area contributed by atoms with Crippen molar-refractivity contribution in [2.45, 2.75) is 6.61 Å². The van der Waals surface area contributed by atoms with Crippen LogP contribution in [0.25, 0.3) is 0 Å². The molecule has 0 heterocycles. The van der Waals surface area contributed by atoms with Crippen molar-refractivity contribution in [2.75, 3.05) is 21.3 Å². The Bertz CT molecular complexity index is 721. The Balaban J connectivity index is 2.18. The van der Waals surface area contributed by atoms with Gasteiger partial charge in [-0.2, -0.15) is 0 Å². The van der Waals surface area contributed by atoms with E-state index in [0.29, 0.717) is 27.3 Å². The third-order valence-corrected chi connectivity index (χ3v) is 3.99. The van der Waals surface area contributed by atoms with E-state index in [-0.39, 0.29) is 12.2 Å². The van der Waals surface area contributed by atoms with Gasteiger partial charge in [-0.05, 0) is 29.8 Å². The predicted molar refractivity (Wildman–Crippen MR) is 91.7 cm³/mol. The quantitative estimate of drug-likeness (QED) is 0.706. The number of benzene rings is 2. The summed E-state index contributed by atoms with van der Waals surface area (Å²) in [6.07, 6.45) is 0. The fraction of sp³-hybridized carbons (Fsp3) is 0.235. The van der Waals surface area contributed by atoms with Crippen LogP contribution < -0.4 is 14.2 Å². The van der Waals surface area contributed by atoms with E-state index < -0.39 is 5.97 Å². The Labute approximate surface area is 150 Å². The van der Waals surface area contributed by atoms with Crippen molar-refractivity contribution < 1.29 is 23.7 Å². The molecule has 0 unspecified atom stereocenters. The van der Waals surface area contributed by atoms with Crippen molar-refractivity contribution in [1.29, 1.82) is 0 Å². The van der Waals surface area contributed by atoms with Gasteiger partial charge in [-0.3, -0.25) is 0 Å². The summed E-state index contributed by atoms with van der Waals surface area (Å²) in [5.74, 6) is 0.623. The van der Waals surface area contributed by atoms with Crippen molar-refractivity contribution in [1.82, 2.24) is 0 Å². The zero-order valence-electron chi connectivity index (χ0n) is 13.4. The number of carbonyl (C=O) groups is 1. The molecule has 2 rings (SSSR count). The Morgan fingerprint density at radius 1 is 0.917 bits per heavy atom. The maximum atomic E-state index is 12.3. The average molecular weight is 371 g/mol. The van der Waals surface area contributed by atoms with Crippen LogP contribution in [0.3, 0.4) is 0 Å². The van der Waals surface area contributed by atoms with Crippen LogP contribution in [0.4, 0.5) is 0 Å². The largest absolute Gasteiger partial charge is 0.493 e. The van der Waals surface area contributed by atoms with Crippen LogP contribution in [0.15, 0.2) is 30.3 Å². The molecule has 0 aliphatic heterocycles. The van der Waals surface area contributed by atoms with Crippen LogP contribution >= 0.6 is 23.2 Å². The van der Waals surface area contributed by atoms with E-state index in [0.717, 1.165) is 5.56 Å². The molecule has 2 aromatic rings. The van der Waals surface area contributed by atoms with Crippen LogP contribution in [0.2, 0.25) is 10.0 Å². The highest BCUT2D eigenvalue weighted by atomic mass is 35.5. The number of halogens is 2. The van der Waals surface area contributed by atoms with E-state index in [9.17, 15) is 4.79 Å². The molecule has 0 radical (unpaired) electrons. The molecule has 0 atom stereocenters. The van der Waals surface area contributed by atoms with Gasteiger partial charge in [0.1, 0.15) is 6.61 Å². The van der Waals surface area contributed by atoms with Crippen LogP contribution in [0.5, 0.6) is 17.2 Å². The van der Waals surface area contributed by atoms with E-state index in [4.69, 9.17) is 42.1 Å².